The van der Waals surface area contributed by atoms with Crippen LogP contribution < -0.4 is 5.32 Å². The maximum absolute atomic E-state index is 4.49. The maximum atomic E-state index is 4.49. The molecule has 1 saturated heterocycles. The van der Waals surface area contributed by atoms with Crippen molar-refractivity contribution in [2.75, 3.05) is 6.54 Å². The van der Waals surface area contributed by atoms with Crippen LogP contribution in [0.1, 0.15) is 23.9 Å². The van der Waals surface area contributed by atoms with Crippen LogP contribution in [0.4, 0.5) is 0 Å². The monoisotopic (exact) mass is 226 g/mol. The lowest BCUT2D eigenvalue weighted by Gasteiger charge is -2.27. The molecule has 0 aromatic carbocycles. The molecule has 2 nitrogen and oxygen atoms in total. The van der Waals surface area contributed by atoms with Crippen molar-refractivity contribution in [2.45, 2.75) is 19.4 Å². The second-order valence-electron chi connectivity index (χ2n) is 3.10. The second kappa shape index (κ2) is 3.15. The van der Waals surface area contributed by atoms with Gasteiger partial charge in [-0.15, -0.1) is 0 Å². The smallest absolute Gasteiger partial charge is 0.0577 e. The summed E-state index contributed by atoms with van der Waals surface area (Å²) in [5.74, 6) is 0. The van der Waals surface area contributed by atoms with Crippen LogP contribution in [0, 0.1) is 6.92 Å². The maximum Gasteiger partial charge on any atom is 0.0577 e. The van der Waals surface area contributed by atoms with Gasteiger partial charge in [0.05, 0.1) is 17.4 Å². The Bertz CT molecular complexity index is 295. The first-order valence-corrected chi connectivity index (χ1v) is 4.93. The number of nitrogens with zero attached hydrogens (tertiary/aromatic N) is 1. The van der Waals surface area contributed by atoms with Gasteiger partial charge >= 0.3 is 0 Å². The van der Waals surface area contributed by atoms with Gasteiger partial charge in [-0.1, -0.05) is 0 Å². The Morgan fingerprint density at radius 1 is 1.58 bits per heavy atom. The van der Waals surface area contributed by atoms with Gasteiger partial charge in [-0.2, -0.15) is 0 Å². The first-order valence-electron chi connectivity index (χ1n) is 4.14. The average molecular weight is 227 g/mol. The summed E-state index contributed by atoms with van der Waals surface area (Å²) in [6, 6.07) is 4.64. The Kier molecular flexibility index (Phi) is 2.15. The van der Waals surface area contributed by atoms with Crippen LogP contribution in [0.15, 0.2) is 16.6 Å². The van der Waals surface area contributed by atoms with Crippen molar-refractivity contribution >= 4 is 15.9 Å². The minimum atomic E-state index is 0.497. The van der Waals surface area contributed by atoms with E-state index < -0.39 is 0 Å². The number of aromatic nitrogens is 1. The van der Waals surface area contributed by atoms with Crippen LogP contribution >= 0.6 is 15.9 Å². The van der Waals surface area contributed by atoms with E-state index in [1.807, 2.05) is 6.92 Å². The minimum absolute atomic E-state index is 0.497. The molecule has 0 amide bonds. The van der Waals surface area contributed by atoms with Crippen molar-refractivity contribution in [1.82, 2.24) is 10.3 Å². The summed E-state index contributed by atoms with van der Waals surface area (Å²) in [7, 11) is 0. The first-order chi connectivity index (χ1) is 5.77. The summed E-state index contributed by atoms with van der Waals surface area (Å²) in [6.07, 6.45) is 1.22. The normalized spacial score (nSPS) is 22.0. The van der Waals surface area contributed by atoms with Crippen molar-refractivity contribution in [3.8, 4) is 0 Å². The predicted molar refractivity (Wildman–Crippen MR) is 52.0 cm³/mol. The van der Waals surface area contributed by atoms with Crippen LogP contribution in [0.2, 0.25) is 0 Å². The zero-order valence-electron chi connectivity index (χ0n) is 6.97. The third kappa shape index (κ3) is 1.39. The summed E-state index contributed by atoms with van der Waals surface area (Å²) in [4.78, 5) is 4.49. The lowest BCUT2D eigenvalue weighted by atomic mass is 10.0. The molecule has 0 saturated carbocycles. The average Bonchev–Trinajstić information content (AvgIpc) is 1.93. The topological polar surface area (TPSA) is 24.9 Å². The summed E-state index contributed by atoms with van der Waals surface area (Å²) in [5.41, 5.74) is 2.24. The molecule has 3 heteroatoms. The zero-order valence-corrected chi connectivity index (χ0v) is 8.56. The molecule has 0 unspecified atom stereocenters. The number of halogens is 1. The molecule has 64 valence electrons. The van der Waals surface area contributed by atoms with Crippen molar-refractivity contribution < 1.29 is 0 Å². The van der Waals surface area contributed by atoms with E-state index in [-0.39, 0.29) is 0 Å². The van der Waals surface area contributed by atoms with Crippen molar-refractivity contribution in [2.24, 2.45) is 0 Å². The minimum Gasteiger partial charge on any atom is -0.309 e. The van der Waals surface area contributed by atoms with Gasteiger partial charge in [0.25, 0.3) is 0 Å². The summed E-state index contributed by atoms with van der Waals surface area (Å²) >= 11 is 3.44. The molecular formula is C9H11BrN2. The van der Waals surface area contributed by atoms with E-state index in [0.29, 0.717) is 6.04 Å². The molecule has 2 heterocycles. The molecule has 2 rings (SSSR count). The highest BCUT2D eigenvalue weighted by Gasteiger charge is 2.19. The molecule has 1 aromatic heterocycles. The highest BCUT2D eigenvalue weighted by atomic mass is 79.9. The Morgan fingerprint density at radius 2 is 2.33 bits per heavy atom. The Labute approximate surface area is 80.5 Å². The van der Waals surface area contributed by atoms with Crippen LogP contribution in [0.3, 0.4) is 0 Å². The second-order valence-corrected chi connectivity index (χ2v) is 3.95. The third-order valence-electron chi connectivity index (χ3n) is 2.22. The molecule has 1 N–H and O–H groups in total. The molecule has 0 aliphatic carbocycles. The van der Waals surface area contributed by atoms with E-state index in [0.717, 1.165) is 16.7 Å². The van der Waals surface area contributed by atoms with Gasteiger partial charge in [0.1, 0.15) is 0 Å². The number of pyridine rings is 1. The fourth-order valence-electron chi connectivity index (χ4n) is 1.30. The Hall–Kier alpha value is -0.410. The molecule has 1 aliphatic heterocycles. The van der Waals surface area contributed by atoms with Gasteiger partial charge in [0, 0.05) is 4.47 Å². The molecule has 0 spiro atoms. The van der Waals surface area contributed by atoms with E-state index in [4.69, 9.17) is 0 Å². The molecule has 1 aliphatic rings. The van der Waals surface area contributed by atoms with Crippen LogP contribution in [0.5, 0.6) is 0 Å². The lowest BCUT2D eigenvalue weighted by Crippen LogP contribution is -2.35. The van der Waals surface area contributed by atoms with Crippen LogP contribution in [0.25, 0.3) is 0 Å². The number of rotatable bonds is 1. The molecule has 1 atom stereocenters. The molecule has 1 fully saturated rings. The standard InChI is InChI=1S/C9H11BrN2/c1-6-7(10)2-3-9(12-6)8-4-5-11-8/h2-3,8,11H,4-5H2,1H3/t8-/m1/s1. The molecule has 0 bridgehead atoms. The molecule has 12 heavy (non-hydrogen) atoms. The van der Waals surface area contributed by atoms with Gasteiger partial charge in [-0.3, -0.25) is 4.98 Å². The van der Waals surface area contributed by atoms with Gasteiger partial charge < -0.3 is 5.32 Å². The van der Waals surface area contributed by atoms with Gasteiger partial charge in [0.15, 0.2) is 0 Å². The molecule has 0 radical (unpaired) electrons. The van der Waals surface area contributed by atoms with Crippen molar-refractivity contribution in [1.29, 1.82) is 0 Å². The van der Waals surface area contributed by atoms with E-state index >= 15 is 0 Å². The number of nitrogens with one attached hydrogen (secondary N) is 1. The lowest BCUT2D eigenvalue weighted by molar-refractivity contribution is 0.374. The summed E-state index contributed by atoms with van der Waals surface area (Å²) in [6.45, 7) is 3.15. The van der Waals surface area contributed by atoms with Gasteiger partial charge in [0.2, 0.25) is 0 Å². The molecular weight excluding hydrogens is 216 g/mol. The summed E-state index contributed by atoms with van der Waals surface area (Å²) in [5, 5.41) is 3.33. The summed E-state index contributed by atoms with van der Waals surface area (Å²) < 4.78 is 1.09. The van der Waals surface area contributed by atoms with E-state index in [2.05, 4.69) is 38.4 Å². The molecule has 1 aromatic rings. The first kappa shape index (κ1) is 8.20. The van der Waals surface area contributed by atoms with Crippen LogP contribution in [-0.2, 0) is 0 Å². The number of aryl methyl sites for hydroxylation is 1. The largest absolute Gasteiger partial charge is 0.309 e. The van der Waals surface area contributed by atoms with Gasteiger partial charge in [-0.05, 0) is 48.0 Å². The van der Waals surface area contributed by atoms with E-state index in [1.54, 1.807) is 0 Å². The number of hydrogen-bond acceptors (Lipinski definition) is 2. The Morgan fingerprint density at radius 3 is 2.83 bits per heavy atom. The highest BCUT2D eigenvalue weighted by Crippen LogP contribution is 2.23. The predicted octanol–water partition coefficient (Wildman–Crippen LogP) is 2.19. The SMILES string of the molecule is Cc1nc([C@H]2CCN2)ccc1Br. The fourth-order valence-corrected chi connectivity index (χ4v) is 1.52. The highest BCUT2D eigenvalue weighted by molar-refractivity contribution is 9.10. The van der Waals surface area contributed by atoms with Crippen molar-refractivity contribution in [3.05, 3.63) is 28.0 Å². The quantitative estimate of drug-likeness (QED) is 0.795. The van der Waals surface area contributed by atoms with Crippen molar-refractivity contribution in [3.63, 3.8) is 0 Å². The number of hydrogen-bond donors (Lipinski definition) is 1. The van der Waals surface area contributed by atoms with E-state index in [1.165, 1.54) is 12.1 Å². The van der Waals surface area contributed by atoms with Crippen LogP contribution in [-0.4, -0.2) is 11.5 Å². The zero-order chi connectivity index (χ0) is 8.55. The van der Waals surface area contributed by atoms with E-state index in [9.17, 15) is 0 Å². The van der Waals surface area contributed by atoms with Gasteiger partial charge in [-0.25, -0.2) is 0 Å². The fraction of sp³-hybridized carbons (Fsp3) is 0.444. The Balaban J connectivity index is 2.27. The third-order valence-corrected chi connectivity index (χ3v) is 3.06.